The highest BCUT2D eigenvalue weighted by Gasteiger charge is 2.16. The number of rotatable bonds is 6. The van der Waals surface area contributed by atoms with E-state index in [2.05, 4.69) is 46.0 Å². The Hall–Kier alpha value is -4.09. The Balaban J connectivity index is 1.51. The molecule has 0 fully saturated rings. The zero-order chi connectivity index (χ0) is 22.3. The number of hydrogen-bond donors (Lipinski definition) is 2. The third-order valence-corrected chi connectivity index (χ3v) is 3.58. The Labute approximate surface area is 177 Å². The summed E-state index contributed by atoms with van der Waals surface area (Å²) >= 11 is 0. The van der Waals surface area contributed by atoms with Crippen LogP contribution in [0, 0.1) is 0 Å². The molecule has 0 saturated carbocycles. The molecular weight excluding hydrogens is 402 g/mol. The van der Waals surface area contributed by atoms with Gasteiger partial charge in [0.15, 0.2) is 0 Å². The van der Waals surface area contributed by atoms with E-state index in [1.54, 1.807) is 51.4 Å². The van der Waals surface area contributed by atoms with E-state index in [4.69, 9.17) is 4.74 Å². The van der Waals surface area contributed by atoms with E-state index in [-0.39, 0.29) is 30.6 Å². The third-order valence-electron chi connectivity index (χ3n) is 3.58. The molecule has 3 aromatic rings. The summed E-state index contributed by atoms with van der Waals surface area (Å²) in [6.07, 6.45) is 3.99. The van der Waals surface area contributed by atoms with Crippen LogP contribution in [0.3, 0.4) is 0 Å². The predicted molar refractivity (Wildman–Crippen MR) is 108 cm³/mol. The molecule has 2 N–H and O–H groups in total. The molecule has 160 valence electrons. The lowest BCUT2D eigenvalue weighted by molar-refractivity contribution is 0.0526. The summed E-state index contributed by atoms with van der Waals surface area (Å²) in [6, 6.07) is 4.85. The van der Waals surface area contributed by atoms with E-state index in [1.807, 2.05) is 0 Å². The summed E-state index contributed by atoms with van der Waals surface area (Å²) in [5.74, 6) is 0.377. The van der Waals surface area contributed by atoms with Crippen molar-refractivity contribution in [2.45, 2.75) is 26.4 Å². The van der Waals surface area contributed by atoms with Crippen molar-refractivity contribution >= 4 is 12.0 Å². The minimum Gasteiger partial charge on any atom is -0.444 e. The number of pyridine rings is 1. The average molecular weight is 423 g/mol. The van der Waals surface area contributed by atoms with Crippen LogP contribution in [-0.2, 0) is 4.74 Å². The predicted octanol–water partition coefficient (Wildman–Crippen LogP) is 1.04. The third kappa shape index (κ3) is 6.45. The Kier molecular flexibility index (Phi) is 6.70. The normalized spacial score (nSPS) is 10.9. The maximum absolute atomic E-state index is 12.2. The minimum absolute atomic E-state index is 0.195. The molecule has 0 bridgehead atoms. The van der Waals surface area contributed by atoms with Crippen LogP contribution in [0.5, 0.6) is 0 Å². The van der Waals surface area contributed by atoms with Crippen molar-refractivity contribution < 1.29 is 14.3 Å². The molecule has 0 aliphatic rings. The fourth-order valence-electron chi connectivity index (χ4n) is 2.25. The van der Waals surface area contributed by atoms with E-state index in [0.29, 0.717) is 17.1 Å². The lowest BCUT2D eigenvalue weighted by Crippen LogP contribution is -2.37. The molecule has 3 rings (SSSR count). The number of hydrogen-bond acceptors (Lipinski definition) is 10. The Bertz CT molecular complexity index is 1020. The molecule has 3 aromatic heterocycles. The van der Waals surface area contributed by atoms with Gasteiger partial charge in [-0.1, -0.05) is 0 Å². The van der Waals surface area contributed by atoms with Crippen molar-refractivity contribution in [3.63, 3.8) is 0 Å². The van der Waals surface area contributed by atoms with Crippen molar-refractivity contribution in [3.8, 4) is 23.2 Å². The lowest BCUT2D eigenvalue weighted by Gasteiger charge is -2.19. The summed E-state index contributed by atoms with van der Waals surface area (Å²) in [5.41, 5.74) is 0.172. The topological polar surface area (TPSA) is 158 Å². The fourth-order valence-corrected chi connectivity index (χ4v) is 2.25. The van der Waals surface area contributed by atoms with Gasteiger partial charge in [0.2, 0.25) is 17.5 Å². The highest BCUT2D eigenvalue weighted by Crippen LogP contribution is 2.12. The monoisotopic (exact) mass is 423 g/mol. The molecule has 0 unspecified atom stereocenters. The zero-order valence-corrected chi connectivity index (χ0v) is 17.2. The molecule has 12 heteroatoms. The average Bonchev–Trinajstić information content (AvgIpc) is 2.76. The van der Waals surface area contributed by atoms with Crippen molar-refractivity contribution in [2.24, 2.45) is 0 Å². The van der Waals surface area contributed by atoms with Gasteiger partial charge >= 0.3 is 6.09 Å². The first-order valence-corrected chi connectivity index (χ1v) is 9.38. The van der Waals surface area contributed by atoms with E-state index in [0.717, 1.165) is 0 Å². The molecule has 0 spiro atoms. The Morgan fingerprint density at radius 2 is 1.52 bits per heavy atom. The molecule has 2 amide bonds. The van der Waals surface area contributed by atoms with Crippen molar-refractivity contribution in [1.29, 1.82) is 0 Å². The first-order valence-electron chi connectivity index (χ1n) is 9.38. The number of carbonyl (C=O) groups is 2. The van der Waals surface area contributed by atoms with Gasteiger partial charge in [0.05, 0.1) is 5.56 Å². The van der Waals surface area contributed by atoms with Gasteiger partial charge in [-0.3, -0.25) is 9.78 Å². The summed E-state index contributed by atoms with van der Waals surface area (Å²) < 4.78 is 5.12. The van der Waals surface area contributed by atoms with Gasteiger partial charge in [-0.2, -0.15) is 0 Å². The summed E-state index contributed by atoms with van der Waals surface area (Å²) in [7, 11) is 0. The number of aromatic nitrogens is 7. The molecule has 0 aliphatic heterocycles. The number of nitrogens with one attached hydrogen (secondary N) is 2. The molecule has 0 radical (unpaired) electrons. The maximum atomic E-state index is 12.2. The van der Waals surface area contributed by atoms with Gasteiger partial charge in [0.25, 0.3) is 5.91 Å². The van der Waals surface area contributed by atoms with Gasteiger partial charge in [0.1, 0.15) is 11.3 Å². The first-order chi connectivity index (χ1) is 14.8. The van der Waals surface area contributed by atoms with Crippen molar-refractivity contribution in [1.82, 2.24) is 46.0 Å². The van der Waals surface area contributed by atoms with E-state index in [1.165, 1.54) is 6.20 Å². The van der Waals surface area contributed by atoms with E-state index < -0.39 is 11.7 Å². The molecule has 0 aliphatic carbocycles. The molecule has 0 atom stereocenters. The van der Waals surface area contributed by atoms with Crippen LogP contribution in [-0.4, -0.2) is 66.0 Å². The van der Waals surface area contributed by atoms with Crippen LogP contribution in [0.4, 0.5) is 4.79 Å². The molecule has 31 heavy (non-hydrogen) atoms. The van der Waals surface area contributed by atoms with Crippen LogP contribution in [0.1, 0.15) is 31.1 Å². The van der Waals surface area contributed by atoms with Crippen LogP contribution in [0.15, 0.2) is 36.8 Å². The van der Waals surface area contributed by atoms with Crippen molar-refractivity contribution in [2.75, 3.05) is 13.1 Å². The lowest BCUT2D eigenvalue weighted by atomic mass is 10.2. The Morgan fingerprint density at radius 1 is 0.871 bits per heavy atom. The van der Waals surface area contributed by atoms with E-state index >= 15 is 0 Å². The van der Waals surface area contributed by atoms with Gasteiger partial charge in [-0.15, -0.1) is 20.4 Å². The fraction of sp³-hybridized carbons (Fsp3) is 0.316. The van der Waals surface area contributed by atoms with Crippen LogP contribution in [0.2, 0.25) is 0 Å². The first kappa shape index (κ1) is 21.6. The standard InChI is InChI=1S/C19H21N9O3/c1-19(2,3)31-18(30)23-10-9-22-17(29)12-5-6-13(24-11-12)14-25-27-16(28-26-14)15-20-7-4-8-21-15/h4-8,11H,9-10H2,1-3H3,(H,22,29)(H,23,30). The molecule has 0 aromatic carbocycles. The van der Waals surface area contributed by atoms with Crippen molar-refractivity contribution in [3.05, 3.63) is 42.4 Å². The largest absolute Gasteiger partial charge is 0.444 e. The summed E-state index contributed by atoms with van der Waals surface area (Å²) in [6.45, 7) is 5.78. The smallest absolute Gasteiger partial charge is 0.407 e. The van der Waals surface area contributed by atoms with E-state index in [9.17, 15) is 9.59 Å². The number of carbonyl (C=O) groups excluding carboxylic acids is 2. The van der Waals surface area contributed by atoms with Gasteiger partial charge < -0.3 is 15.4 Å². The van der Waals surface area contributed by atoms with Crippen LogP contribution in [0.25, 0.3) is 23.2 Å². The SMILES string of the molecule is CC(C)(C)OC(=O)NCCNC(=O)c1ccc(-c2nnc(-c3ncccn3)nn2)nc1. The van der Waals surface area contributed by atoms with Crippen LogP contribution < -0.4 is 10.6 Å². The number of amides is 2. The quantitative estimate of drug-likeness (QED) is 0.549. The highest BCUT2D eigenvalue weighted by molar-refractivity contribution is 5.94. The van der Waals surface area contributed by atoms with Crippen LogP contribution >= 0.6 is 0 Å². The minimum atomic E-state index is -0.578. The Morgan fingerprint density at radius 3 is 2.13 bits per heavy atom. The summed E-state index contributed by atoms with van der Waals surface area (Å²) in [4.78, 5) is 36.0. The molecular formula is C19H21N9O3. The van der Waals surface area contributed by atoms with Gasteiger partial charge in [-0.25, -0.2) is 14.8 Å². The zero-order valence-electron chi connectivity index (χ0n) is 17.2. The second-order valence-electron chi connectivity index (χ2n) is 7.24. The molecule has 0 saturated heterocycles. The number of nitrogens with zero attached hydrogens (tertiary/aromatic N) is 7. The number of ether oxygens (including phenoxy) is 1. The molecule has 12 nitrogen and oxygen atoms in total. The second-order valence-corrected chi connectivity index (χ2v) is 7.24. The second kappa shape index (κ2) is 9.61. The molecule has 3 heterocycles. The van der Waals surface area contributed by atoms with Gasteiger partial charge in [0, 0.05) is 31.7 Å². The number of alkyl carbamates (subject to hydrolysis) is 1. The maximum Gasteiger partial charge on any atom is 0.407 e. The van der Waals surface area contributed by atoms with Gasteiger partial charge in [-0.05, 0) is 39.0 Å². The highest BCUT2D eigenvalue weighted by atomic mass is 16.6. The summed E-state index contributed by atoms with van der Waals surface area (Å²) in [5, 5.41) is 21.1.